The lowest BCUT2D eigenvalue weighted by molar-refractivity contribution is 0.0295. The first-order valence-corrected chi connectivity index (χ1v) is 11.2. The van der Waals surface area contributed by atoms with E-state index < -0.39 is 5.60 Å². The summed E-state index contributed by atoms with van der Waals surface area (Å²) in [6, 6.07) is 23.8. The summed E-state index contributed by atoms with van der Waals surface area (Å²) in [5.74, 6) is -0.0212. The van der Waals surface area contributed by atoms with Gasteiger partial charge in [-0.05, 0) is 36.2 Å². The van der Waals surface area contributed by atoms with Crippen LogP contribution < -0.4 is 5.32 Å². The van der Waals surface area contributed by atoms with E-state index in [0.29, 0.717) is 5.56 Å². The van der Waals surface area contributed by atoms with Gasteiger partial charge in [-0.25, -0.2) is 0 Å². The maximum atomic E-state index is 13.4. The molecule has 0 aromatic heterocycles. The molecule has 0 radical (unpaired) electrons. The maximum absolute atomic E-state index is 13.4. The van der Waals surface area contributed by atoms with Crippen molar-refractivity contribution in [1.82, 2.24) is 0 Å². The molecule has 0 aliphatic carbocycles. The first-order valence-electron chi connectivity index (χ1n) is 11.2. The van der Waals surface area contributed by atoms with Crippen LogP contribution in [0.5, 0.6) is 0 Å². The van der Waals surface area contributed by atoms with E-state index in [-0.39, 0.29) is 5.78 Å². The van der Waals surface area contributed by atoms with Crippen LogP contribution in [0.4, 0.5) is 5.69 Å². The molecule has 0 aliphatic heterocycles. The van der Waals surface area contributed by atoms with Crippen LogP contribution in [0.25, 0.3) is 10.8 Å². The highest BCUT2D eigenvalue weighted by atomic mass is 16.5. The Morgan fingerprint density at radius 1 is 0.935 bits per heavy atom. The van der Waals surface area contributed by atoms with Crippen LogP contribution in [0.1, 0.15) is 56.3 Å². The molecule has 0 spiro atoms. The number of rotatable bonds is 11. The van der Waals surface area contributed by atoms with Gasteiger partial charge in [0.25, 0.3) is 0 Å². The molecule has 3 aromatic rings. The van der Waals surface area contributed by atoms with Crippen molar-refractivity contribution < 1.29 is 9.53 Å². The first kappa shape index (κ1) is 22.8. The summed E-state index contributed by atoms with van der Waals surface area (Å²) in [7, 11) is 1.72. The lowest BCUT2D eigenvalue weighted by atomic mass is 9.91. The van der Waals surface area contributed by atoms with Gasteiger partial charge in [-0.3, -0.25) is 4.79 Å². The van der Waals surface area contributed by atoms with Crippen LogP contribution >= 0.6 is 0 Å². The fourth-order valence-electron chi connectivity index (χ4n) is 3.88. The summed E-state index contributed by atoms with van der Waals surface area (Å²) >= 11 is 0. The van der Waals surface area contributed by atoms with Crippen molar-refractivity contribution in [2.45, 2.75) is 51.6 Å². The van der Waals surface area contributed by atoms with Gasteiger partial charge in [0.2, 0.25) is 0 Å². The summed E-state index contributed by atoms with van der Waals surface area (Å²) in [5, 5.41) is 5.50. The first-order chi connectivity index (χ1) is 15.1. The van der Waals surface area contributed by atoms with Crippen molar-refractivity contribution >= 4 is 22.2 Å². The van der Waals surface area contributed by atoms with Gasteiger partial charge in [0, 0.05) is 24.4 Å². The molecule has 3 rings (SSSR count). The Kier molecular flexibility index (Phi) is 8.02. The van der Waals surface area contributed by atoms with E-state index in [2.05, 4.69) is 19.2 Å². The Hall–Kier alpha value is -2.91. The van der Waals surface area contributed by atoms with Crippen LogP contribution in [0, 0.1) is 0 Å². The molecule has 31 heavy (non-hydrogen) atoms. The van der Waals surface area contributed by atoms with Crippen molar-refractivity contribution in [3.05, 3.63) is 90.1 Å². The number of methoxy groups -OCH3 is 1. The normalized spacial score (nSPS) is 13.7. The standard InChI is InChI=1S/C28H33NO2/c1-4-5-6-12-20-28(2,31-3)27(29-23-16-8-7-9-17-23)21-26(30)25-19-13-15-22-14-10-11-18-24(22)25/h7-11,13-19,21,29H,4-6,12,20H2,1-3H3/b27-21-. The fourth-order valence-corrected chi connectivity index (χ4v) is 3.88. The molecule has 3 heteroatoms. The zero-order valence-corrected chi connectivity index (χ0v) is 18.9. The molecule has 0 saturated carbocycles. The zero-order chi connectivity index (χ0) is 22.1. The number of ether oxygens (including phenoxy) is 1. The molecule has 0 saturated heterocycles. The van der Waals surface area contributed by atoms with Gasteiger partial charge in [0.1, 0.15) is 5.60 Å². The zero-order valence-electron chi connectivity index (χ0n) is 18.9. The fraction of sp³-hybridized carbons (Fsp3) is 0.321. The van der Waals surface area contributed by atoms with E-state index in [4.69, 9.17) is 4.74 Å². The van der Waals surface area contributed by atoms with Gasteiger partial charge < -0.3 is 10.1 Å². The van der Waals surface area contributed by atoms with E-state index in [1.807, 2.05) is 72.8 Å². The summed E-state index contributed by atoms with van der Waals surface area (Å²) in [4.78, 5) is 13.4. The van der Waals surface area contributed by atoms with Gasteiger partial charge in [-0.2, -0.15) is 0 Å². The Morgan fingerprint density at radius 2 is 1.65 bits per heavy atom. The van der Waals surface area contributed by atoms with Gasteiger partial charge >= 0.3 is 0 Å². The summed E-state index contributed by atoms with van der Waals surface area (Å²) < 4.78 is 5.99. The SMILES string of the molecule is CCCCCCC(C)(OC)/C(=C/C(=O)c1cccc2ccccc12)Nc1ccccc1. The number of ketones is 1. The lowest BCUT2D eigenvalue weighted by Gasteiger charge is -2.32. The Balaban J connectivity index is 1.97. The minimum Gasteiger partial charge on any atom is -0.372 e. The summed E-state index contributed by atoms with van der Waals surface area (Å²) in [6.45, 7) is 4.28. The molecule has 0 heterocycles. The minimum atomic E-state index is -0.580. The Morgan fingerprint density at radius 3 is 2.39 bits per heavy atom. The molecule has 0 fully saturated rings. The number of anilines is 1. The molecule has 0 aliphatic rings. The molecular formula is C28H33NO2. The van der Waals surface area contributed by atoms with Crippen molar-refractivity contribution in [2.75, 3.05) is 12.4 Å². The smallest absolute Gasteiger partial charge is 0.188 e. The second-order valence-electron chi connectivity index (χ2n) is 8.19. The van der Waals surface area contributed by atoms with Crippen molar-refractivity contribution in [1.29, 1.82) is 0 Å². The van der Waals surface area contributed by atoms with Gasteiger partial charge in [0.15, 0.2) is 5.78 Å². The summed E-state index contributed by atoms with van der Waals surface area (Å²) in [6.07, 6.45) is 7.17. The van der Waals surface area contributed by atoms with Gasteiger partial charge in [-0.1, -0.05) is 93.3 Å². The number of hydrogen-bond donors (Lipinski definition) is 1. The van der Waals surface area contributed by atoms with Crippen molar-refractivity contribution in [3.8, 4) is 0 Å². The third-order valence-electron chi connectivity index (χ3n) is 5.91. The van der Waals surface area contributed by atoms with E-state index in [1.54, 1.807) is 13.2 Å². The maximum Gasteiger partial charge on any atom is 0.188 e. The largest absolute Gasteiger partial charge is 0.372 e. The molecule has 0 bridgehead atoms. The number of fused-ring (bicyclic) bond motifs is 1. The Bertz CT molecular complexity index is 1020. The quantitative estimate of drug-likeness (QED) is 0.201. The average Bonchev–Trinajstić information content (AvgIpc) is 2.81. The third-order valence-corrected chi connectivity index (χ3v) is 5.91. The molecule has 1 unspecified atom stereocenters. The number of carbonyl (C=O) groups excluding carboxylic acids is 1. The molecule has 1 N–H and O–H groups in total. The second-order valence-corrected chi connectivity index (χ2v) is 8.19. The number of hydrogen-bond acceptors (Lipinski definition) is 3. The van der Waals surface area contributed by atoms with Crippen LogP contribution in [0.2, 0.25) is 0 Å². The van der Waals surface area contributed by atoms with Gasteiger partial charge in [-0.15, -0.1) is 0 Å². The molecule has 0 amide bonds. The number of allylic oxidation sites excluding steroid dienone is 1. The van der Waals surface area contributed by atoms with Crippen LogP contribution in [-0.2, 0) is 4.74 Å². The van der Waals surface area contributed by atoms with E-state index in [0.717, 1.165) is 41.4 Å². The number of carbonyl (C=O) groups is 1. The van der Waals surface area contributed by atoms with E-state index in [9.17, 15) is 4.79 Å². The summed E-state index contributed by atoms with van der Waals surface area (Å²) in [5.41, 5.74) is 1.85. The highest BCUT2D eigenvalue weighted by Gasteiger charge is 2.29. The second kappa shape index (κ2) is 10.9. The van der Waals surface area contributed by atoms with Crippen LogP contribution in [0.3, 0.4) is 0 Å². The number of benzene rings is 3. The van der Waals surface area contributed by atoms with Crippen LogP contribution in [0.15, 0.2) is 84.6 Å². The van der Waals surface area contributed by atoms with Crippen LogP contribution in [-0.4, -0.2) is 18.5 Å². The lowest BCUT2D eigenvalue weighted by Crippen LogP contribution is -2.34. The van der Waals surface area contributed by atoms with Crippen molar-refractivity contribution in [3.63, 3.8) is 0 Å². The minimum absolute atomic E-state index is 0.0212. The predicted molar refractivity (Wildman–Crippen MR) is 131 cm³/mol. The monoisotopic (exact) mass is 415 g/mol. The number of unbranched alkanes of at least 4 members (excludes halogenated alkanes) is 3. The average molecular weight is 416 g/mol. The predicted octanol–water partition coefficient (Wildman–Crippen LogP) is 7.39. The van der Waals surface area contributed by atoms with Gasteiger partial charge in [0.05, 0.1) is 5.70 Å². The molecular weight excluding hydrogens is 382 g/mol. The third kappa shape index (κ3) is 5.83. The van der Waals surface area contributed by atoms with Crippen molar-refractivity contribution in [2.24, 2.45) is 0 Å². The topological polar surface area (TPSA) is 38.3 Å². The highest BCUT2D eigenvalue weighted by Crippen LogP contribution is 2.30. The van der Waals surface area contributed by atoms with E-state index in [1.165, 1.54) is 12.8 Å². The molecule has 162 valence electrons. The van der Waals surface area contributed by atoms with E-state index >= 15 is 0 Å². The Labute approximate surface area is 186 Å². The number of para-hydroxylation sites is 1. The molecule has 1 atom stereocenters. The highest BCUT2D eigenvalue weighted by molar-refractivity contribution is 6.13. The molecule has 3 nitrogen and oxygen atoms in total. The molecule has 3 aromatic carbocycles. The number of nitrogens with one attached hydrogen (secondary N) is 1.